The molecule has 0 saturated carbocycles. The van der Waals surface area contributed by atoms with Crippen molar-refractivity contribution >= 4 is 17.4 Å². The minimum Gasteiger partial charge on any atom is -0.489 e. The molecule has 1 aromatic carbocycles. The van der Waals surface area contributed by atoms with Gasteiger partial charge in [0.25, 0.3) is 0 Å². The number of azo groups is 1. The summed E-state index contributed by atoms with van der Waals surface area (Å²) in [6, 6.07) is 9.12. The summed E-state index contributed by atoms with van der Waals surface area (Å²) in [6.07, 6.45) is 0.0380. The van der Waals surface area contributed by atoms with Crippen LogP contribution in [0.3, 0.4) is 0 Å². The number of benzene rings is 1. The van der Waals surface area contributed by atoms with E-state index in [-0.39, 0.29) is 18.2 Å². The van der Waals surface area contributed by atoms with Crippen LogP contribution in [0.5, 0.6) is 11.6 Å². The average molecular weight is 450 g/mol. The monoisotopic (exact) mass is 449 g/mol. The summed E-state index contributed by atoms with van der Waals surface area (Å²) in [4.78, 5) is 0. The van der Waals surface area contributed by atoms with Gasteiger partial charge in [0.05, 0.1) is 17.7 Å². The molecule has 0 radical (unpaired) electrons. The summed E-state index contributed by atoms with van der Waals surface area (Å²) in [7, 11) is 0. The molecule has 1 unspecified atom stereocenters. The standard InChI is InChI=1S/C22H32ClN5O3/c1-15(2)25-26-19-9-10-20(28-27-19)30-12-11-22(4,5)24-13-17(29)14-31-18-8-6-7-16(3)21(18)23/h6-10,15,17,24,29H,11-14H2,1-5H3. The first-order valence-corrected chi connectivity index (χ1v) is 10.7. The van der Waals surface area contributed by atoms with Gasteiger partial charge in [-0.25, -0.2) is 0 Å². The molecule has 170 valence electrons. The molecule has 2 aromatic rings. The van der Waals surface area contributed by atoms with Crippen molar-refractivity contribution in [3.05, 3.63) is 40.9 Å². The first-order chi connectivity index (χ1) is 14.7. The van der Waals surface area contributed by atoms with Crippen molar-refractivity contribution in [3.63, 3.8) is 0 Å². The van der Waals surface area contributed by atoms with Gasteiger partial charge in [0.1, 0.15) is 18.5 Å². The van der Waals surface area contributed by atoms with Gasteiger partial charge >= 0.3 is 0 Å². The van der Waals surface area contributed by atoms with Crippen molar-refractivity contribution in [2.24, 2.45) is 10.2 Å². The summed E-state index contributed by atoms with van der Waals surface area (Å²) in [5, 5.41) is 30.2. The van der Waals surface area contributed by atoms with E-state index in [9.17, 15) is 5.11 Å². The van der Waals surface area contributed by atoms with Crippen molar-refractivity contribution in [3.8, 4) is 11.6 Å². The van der Waals surface area contributed by atoms with Crippen LogP contribution >= 0.6 is 11.6 Å². The first-order valence-electron chi connectivity index (χ1n) is 10.3. The Bertz CT molecular complexity index is 844. The number of hydrogen-bond donors (Lipinski definition) is 2. The van der Waals surface area contributed by atoms with Crippen molar-refractivity contribution in [1.29, 1.82) is 0 Å². The molecule has 9 heteroatoms. The number of aliphatic hydroxyl groups excluding tert-OH is 1. The Labute approximate surface area is 189 Å². The number of rotatable bonds is 12. The molecule has 1 atom stereocenters. The SMILES string of the molecule is Cc1cccc(OCC(O)CNC(C)(C)CCOc2ccc(N=NC(C)C)nn2)c1Cl. The molecule has 0 aliphatic carbocycles. The molecule has 1 aromatic heterocycles. The number of β-amino-alcohol motifs (C(OH)–C–C–N with tert-alkyl or cyclic N) is 1. The Morgan fingerprint density at radius 2 is 1.94 bits per heavy atom. The maximum atomic E-state index is 10.2. The van der Waals surface area contributed by atoms with Gasteiger partial charge in [-0.2, -0.15) is 5.11 Å². The van der Waals surface area contributed by atoms with Crippen LogP contribution in [0.1, 0.15) is 39.7 Å². The number of ether oxygens (including phenoxy) is 2. The Morgan fingerprint density at radius 1 is 1.16 bits per heavy atom. The summed E-state index contributed by atoms with van der Waals surface area (Å²) in [6.45, 7) is 10.9. The molecule has 8 nitrogen and oxygen atoms in total. The number of halogens is 1. The van der Waals surface area contributed by atoms with Crippen molar-refractivity contribution in [2.75, 3.05) is 19.8 Å². The molecular weight excluding hydrogens is 418 g/mol. The van der Waals surface area contributed by atoms with Crippen molar-refractivity contribution in [2.45, 2.75) is 58.7 Å². The molecule has 2 rings (SSSR count). The van der Waals surface area contributed by atoms with Gasteiger partial charge in [-0.1, -0.05) is 23.7 Å². The first kappa shape index (κ1) is 25.0. The van der Waals surface area contributed by atoms with E-state index in [0.717, 1.165) is 5.56 Å². The van der Waals surface area contributed by atoms with E-state index < -0.39 is 6.10 Å². The van der Waals surface area contributed by atoms with Crippen molar-refractivity contribution < 1.29 is 14.6 Å². The Morgan fingerprint density at radius 3 is 2.61 bits per heavy atom. The number of aliphatic hydroxyl groups is 1. The third-order valence-corrected chi connectivity index (χ3v) is 4.88. The quantitative estimate of drug-likeness (QED) is 0.462. The zero-order chi connectivity index (χ0) is 22.9. The average Bonchev–Trinajstić information content (AvgIpc) is 2.72. The van der Waals surface area contributed by atoms with Gasteiger partial charge in [0.2, 0.25) is 5.88 Å². The highest BCUT2D eigenvalue weighted by molar-refractivity contribution is 6.32. The van der Waals surface area contributed by atoms with Gasteiger partial charge in [0.15, 0.2) is 5.82 Å². The van der Waals surface area contributed by atoms with Crippen LogP contribution < -0.4 is 14.8 Å². The number of nitrogens with one attached hydrogen (secondary N) is 1. The van der Waals surface area contributed by atoms with Crippen LogP contribution in [0.15, 0.2) is 40.6 Å². The molecule has 0 saturated heterocycles. The molecule has 1 heterocycles. The zero-order valence-corrected chi connectivity index (χ0v) is 19.6. The Kier molecular flexibility index (Phi) is 9.61. The summed E-state index contributed by atoms with van der Waals surface area (Å²) >= 11 is 6.22. The van der Waals surface area contributed by atoms with Crippen LogP contribution in [0.4, 0.5) is 5.82 Å². The molecule has 0 aliphatic rings. The van der Waals surface area contributed by atoms with E-state index in [1.807, 2.05) is 46.8 Å². The molecule has 0 fully saturated rings. The third-order valence-electron chi connectivity index (χ3n) is 4.40. The second-order valence-corrected chi connectivity index (χ2v) is 8.63. The predicted octanol–water partition coefficient (Wildman–Crippen LogP) is 4.51. The zero-order valence-electron chi connectivity index (χ0n) is 18.8. The highest BCUT2D eigenvalue weighted by atomic mass is 35.5. The largest absolute Gasteiger partial charge is 0.489 e. The lowest BCUT2D eigenvalue weighted by Crippen LogP contribution is -2.45. The summed E-state index contributed by atoms with van der Waals surface area (Å²) in [5.74, 6) is 1.46. The maximum Gasteiger partial charge on any atom is 0.233 e. The summed E-state index contributed by atoms with van der Waals surface area (Å²) in [5.41, 5.74) is 0.688. The van der Waals surface area contributed by atoms with E-state index in [1.165, 1.54) is 0 Å². The van der Waals surface area contributed by atoms with Crippen molar-refractivity contribution in [1.82, 2.24) is 15.5 Å². The third kappa shape index (κ3) is 9.16. The highest BCUT2D eigenvalue weighted by Crippen LogP contribution is 2.27. The molecule has 31 heavy (non-hydrogen) atoms. The lowest BCUT2D eigenvalue weighted by molar-refractivity contribution is 0.0964. The number of aryl methyl sites for hydroxylation is 1. The maximum absolute atomic E-state index is 10.2. The van der Waals surface area contributed by atoms with Gasteiger partial charge < -0.3 is 19.9 Å². The number of hydrogen-bond acceptors (Lipinski definition) is 8. The smallest absolute Gasteiger partial charge is 0.233 e. The van der Waals surface area contributed by atoms with E-state index in [2.05, 4.69) is 25.7 Å². The normalized spacial score (nSPS) is 13.0. The minimum absolute atomic E-state index is 0.109. The fourth-order valence-electron chi connectivity index (χ4n) is 2.49. The number of nitrogens with zero attached hydrogens (tertiary/aromatic N) is 4. The van der Waals surface area contributed by atoms with Gasteiger partial charge in [-0.15, -0.1) is 15.3 Å². The molecule has 0 aliphatic heterocycles. The predicted molar refractivity (Wildman–Crippen MR) is 122 cm³/mol. The van der Waals surface area contributed by atoms with Crippen LogP contribution in [-0.4, -0.2) is 52.7 Å². The lowest BCUT2D eigenvalue weighted by atomic mass is 10.0. The van der Waals surface area contributed by atoms with Crippen LogP contribution in [-0.2, 0) is 0 Å². The van der Waals surface area contributed by atoms with Gasteiger partial charge in [-0.05, 0) is 58.7 Å². The van der Waals surface area contributed by atoms with Gasteiger partial charge in [0, 0.05) is 18.2 Å². The molecular formula is C22H32ClN5O3. The summed E-state index contributed by atoms with van der Waals surface area (Å²) < 4.78 is 11.3. The number of aromatic nitrogens is 2. The van der Waals surface area contributed by atoms with Crippen LogP contribution in [0.2, 0.25) is 5.02 Å². The van der Waals surface area contributed by atoms with E-state index >= 15 is 0 Å². The van der Waals surface area contributed by atoms with Crippen LogP contribution in [0.25, 0.3) is 0 Å². The topological polar surface area (TPSA) is 101 Å². The fourth-order valence-corrected chi connectivity index (χ4v) is 2.67. The van der Waals surface area contributed by atoms with E-state index in [0.29, 0.717) is 42.0 Å². The Hall–Kier alpha value is -2.29. The fraction of sp³-hybridized carbons (Fsp3) is 0.545. The Balaban J connectivity index is 1.70. The lowest BCUT2D eigenvalue weighted by Gasteiger charge is -2.27. The molecule has 0 amide bonds. The van der Waals surface area contributed by atoms with Crippen LogP contribution in [0, 0.1) is 6.92 Å². The second kappa shape index (κ2) is 11.9. The van der Waals surface area contributed by atoms with E-state index in [4.69, 9.17) is 21.1 Å². The minimum atomic E-state index is -0.671. The second-order valence-electron chi connectivity index (χ2n) is 8.25. The van der Waals surface area contributed by atoms with E-state index in [1.54, 1.807) is 18.2 Å². The highest BCUT2D eigenvalue weighted by Gasteiger charge is 2.19. The molecule has 2 N–H and O–H groups in total. The molecule has 0 bridgehead atoms. The van der Waals surface area contributed by atoms with Gasteiger partial charge in [-0.3, -0.25) is 0 Å². The molecule has 0 spiro atoms.